The maximum Gasteiger partial charge on any atom is 0.319 e. The molecule has 0 saturated carbocycles. The highest BCUT2D eigenvalue weighted by atomic mass is 35.5. The highest BCUT2D eigenvalue weighted by Gasteiger charge is 2.33. The van der Waals surface area contributed by atoms with Crippen molar-refractivity contribution in [1.29, 1.82) is 0 Å². The van der Waals surface area contributed by atoms with Crippen LogP contribution in [0.25, 0.3) is 0 Å². The van der Waals surface area contributed by atoms with Crippen LogP contribution in [0.2, 0.25) is 5.02 Å². The standard InChI is InChI=1S/C14H14ClN5O2/c15-9-1-3-11(4-2-9)20-6-5-12(13(20)21)19-14(22)18-10-7-16-17-8-10/h1-4,7-8,12H,5-6H2,(H,16,17)(H2,18,19,22). The molecule has 2 aromatic rings. The van der Waals surface area contributed by atoms with Gasteiger partial charge in [-0.3, -0.25) is 9.89 Å². The Labute approximate surface area is 131 Å². The van der Waals surface area contributed by atoms with Crippen molar-refractivity contribution in [1.82, 2.24) is 15.5 Å². The van der Waals surface area contributed by atoms with E-state index in [0.29, 0.717) is 23.7 Å². The van der Waals surface area contributed by atoms with Crippen molar-refractivity contribution in [2.75, 3.05) is 16.8 Å². The van der Waals surface area contributed by atoms with E-state index >= 15 is 0 Å². The first-order chi connectivity index (χ1) is 10.6. The fourth-order valence-electron chi connectivity index (χ4n) is 2.34. The van der Waals surface area contributed by atoms with Crippen LogP contribution in [0.5, 0.6) is 0 Å². The number of carbonyl (C=O) groups is 2. The molecule has 1 saturated heterocycles. The van der Waals surface area contributed by atoms with E-state index in [2.05, 4.69) is 20.8 Å². The lowest BCUT2D eigenvalue weighted by molar-refractivity contribution is -0.118. The van der Waals surface area contributed by atoms with Gasteiger partial charge < -0.3 is 15.5 Å². The summed E-state index contributed by atoms with van der Waals surface area (Å²) in [6.45, 7) is 0.553. The number of hydrogen-bond acceptors (Lipinski definition) is 3. The molecule has 114 valence electrons. The third-order valence-electron chi connectivity index (χ3n) is 3.41. The molecule has 0 aliphatic carbocycles. The second kappa shape index (κ2) is 6.07. The molecule has 22 heavy (non-hydrogen) atoms. The van der Waals surface area contributed by atoms with Crippen molar-refractivity contribution >= 4 is 34.9 Å². The monoisotopic (exact) mass is 319 g/mol. The average molecular weight is 320 g/mol. The maximum absolute atomic E-state index is 12.4. The zero-order valence-electron chi connectivity index (χ0n) is 11.5. The van der Waals surface area contributed by atoms with Gasteiger partial charge in [-0.2, -0.15) is 5.10 Å². The number of rotatable bonds is 3. The van der Waals surface area contributed by atoms with Crippen LogP contribution in [0.3, 0.4) is 0 Å². The molecule has 0 bridgehead atoms. The molecule has 1 aromatic heterocycles. The first-order valence-corrected chi connectivity index (χ1v) is 7.14. The molecule has 1 atom stereocenters. The van der Waals surface area contributed by atoms with E-state index in [4.69, 9.17) is 11.6 Å². The van der Waals surface area contributed by atoms with E-state index < -0.39 is 12.1 Å². The Kier molecular flexibility index (Phi) is 3.97. The minimum atomic E-state index is -0.539. The second-order valence-corrected chi connectivity index (χ2v) is 5.33. The SMILES string of the molecule is O=C(Nc1cn[nH]c1)NC1CCN(c2ccc(Cl)cc2)C1=O. The highest BCUT2D eigenvalue weighted by molar-refractivity contribution is 6.30. The van der Waals surface area contributed by atoms with Gasteiger partial charge in [-0.1, -0.05) is 11.6 Å². The van der Waals surface area contributed by atoms with Gasteiger partial charge in [0.25, 0.3) is 0 Å². The summed E-state index contributed by atoms with van der Waals surface area (Å²) in [5, 5.41) is 12.2. The lowest BCUT2D eigenvalue weighted by Crippen LogP contribution is -2.43. The van der Waals surface area contributed by atoms with Gasteiger partial charge in [0.1, 0.15) is 6.04 Å². The largest absolute Gasteiger partial charge is 0.326 e. The summed E-state index contributed by atoms with van der Waals surface area (Å²) in [5.41, 5.74) is 1.31. The average Bonchev–Trinajstić information content (AvgIpc) is 3.11. The van der Waals surface area contributed by atoms with Crippen LogP contribution >= 0.6 is 11.6 Å². The lowest BCUT2D eigenvalue weighted by Gasteiger charge is -2.17. The molecule has 3 N–H and O–H groups in total. The number of urea groups is 1. The van der Waals surface area contributed by atoms with E-state index in [0.717, 1.165) is 5.69 Å². The summed E-state index contributed by atoms with van der Waals surface area (Å²) >= 11 is 5.84. The van der Waals surface area contributed by atoms with Crippen molar-refractivity contribution in [2.24, 2.45) is 0 Å². The number of hydrogen-bond donors (Lipinski definition) is 3. The van der Waals surface area contributed by atoms with Crippen molar-refractivity contribution in [2.45, 2.75) is 12.5 Å². The molecule has 7 nitrogen and oxygen atoms in total. The molecular formula is C14H14ClN5O2. The molecular weight excluding hydrogens is 306 g/mol. The van der Waals surface area contributed by atoms with Crippen LogP contribution in [-0.2, 0) is 4.79 Å². The molecule has 3 amide bonds. The van der Waals surface area contributed by atoms with Gasteiger partial charge in [0, 0.05) is 23.5 Å². The first-order valence-electron chi connectivity index (χ1n) is 6.77. The number of halogens is 1. The number of nitrogens with zero attached hydrogens (tertiary/aromatic N) is 2. The van der Waals surface area contributed by atoms with Gasteiger partial charge in [0.2, 0.25) is 5.91 Å². The molecule has 1 aromatic carbocycles. The van der Waals surface area contributed by atoms with Gasteiger partial charge in [0.05, 0.1) is 11.9 Å². The molecule has 0 spiro atoms. The van der Waals surface area contributed by atoms with Gasteiger partial charge in [-0.25, -0.2) is 4.79 Å². The fourth-order valence-corrected chi connectivity index (χ4v) is 2.46. The Morgan fingerprint density at radius 2 is 2.14 bits per heavy atom. The summed E-state index contributed by atoms with van der Waals surface area (Å²) in [5.74, 6) is -0.135. The number of benzene rings is 1. The summed E-state index contributed by atoms with van der Waals surface area (Å²) in [6.07, 6.45) is 3.59. The number of aromatic nitrogens is 2. The molecule has 8 heteroatoms. The molecule has 2 heterocycles. The van der Waals surface area contributed by atoms with Crippen molar-refractivity contribution in [3.05, 3.63) is 41.7 Å². The zero-order chi connectivity index (χ0) is 15.5. The van der Waals surface area contributed by atoms with E-state index in [1.807, 2.05) is 0 Å². The van der Waals surface area contributed by atoms with Gasteiger partial charge in [-0.15, -0.1) is 0 Å². The molecule has 0 radical (unpaired) electrons. The molecule has 1 fully saturated rings. The third-order valence-corrected chi connectivity index (χ3v) is 3.66. The lowest BCUT2D eigenvalue weighted by atomic mass is 10.2. The number of anilines is 2. The number of H-pyrrole nitrogens is 1. The molecule has 1 aliphatic heterocycles. The Bertz CT molecular complexity index is 671. The normalized spacial score (nSPS) is 17.6. The van der Waals surface area contributed by atoms with Crippen molar-refractivity contribution < 1.29 is 9.59 Å². The Hall–Kier alpha value is -2.54. The van der Waals surface area contributed by atoms with E-state index in [1.54, 1.807) is 35.4 Å². The smallest absolute Gasteiger partial charge is 0.319 e. The van der Waals surface area contributed by atoms with Gasteiger partial charge in [-0.05, 0) is 30.7 Å². The minimum absolute atomic E-state index is 0.135. The van der Waals surface area contributed by atoms with Gasteiger partial charge >= 0.3 is 6.03 Å². The van der Waals surface area contributed by atoms with Crippen LogP contribution in [0, 0.1) is 0 Å². The third kappa shape index (κ3) is 3.04. The van der Waals surface area contributed by atoms with E-state index in [-0.39, 0.29) is 5.91 Å². The Morgan fingerprint density at radius 3 is 2.82 bits per heavy atom. The van der Waals surface area contributed by atoms with Crippen LogP contribution in [0.1, 0.15) is 6.42 Å². The summed E-state index contributed by atoms with van der Waals surface area (Å²) in [4.78, 5) is 25.8. The number of aromatic amines is 1. The number of amides is 3. The van der Waals surface area contributed by atoms with Crippen molar-refractivity contribution in [3.8, 4) is 0 Å². The summed E-state index contributed by atoms with van der Waals surface area (Å²) in [7, 11) is 0. The quantitative estimate of drug-likeness (QED) is 0.808. The predicted octanol–water partition coefficient (Wildman–Crippen LogP) is 1.99. The Morgan fingerprint density at radius 1 is 1.36 bits per heavy atom. The van der Waals surface area contributed by atoms with Crippen molar-refractivity contribution in [3.63, 3.8) is 0 Å². The highest BCUT2D eigenvalue weighted by Crippen LogP contribution is 2.23. The van der Waals surface area contributed by atoms with Crippen LogP contribution in [-0.4, -0.2) is 34.7 Å². The predicted molar refractivity (Wildman–Crippen MR) is 83.0 cm³/mol. The minimum Gasteiger partial charge on any atom is -0.326 e. The molecule has 1 unspecified atom stereocenters. The van der Waals surface area contributed by atoms with E-state index in [9.17, 15) is 9.59 Å². The second-order valence-electron chi connectivity index (χ2n) is 4.89. The first kappa shape index (κ1) is 14.4. The van der Waals surface area contributed by atoms with Crippen LogP contribution in [0.15, 0.2) is 36.7 Å². The summed E-state index contributed by atoms with van der Waals surface area (Å²) in [6, 6.07) is 6.07. The van der Waals surface area contributed by atoms with Crippen LogP contribution in [0.4, 0.5) is 16.2 Å². The molecule has 1 aliphatic rings. The topological polar surface area (TPSA) is 90.1 Å². The van der Waals surface area contributed by atoms with Gasteiger partial charge in [0.15, 0.2) is 0 Å². The van der Waals surface area contributed by atoms with E-state index in [1.165, 1.54) is 6.20 Å². The summed E-state index contributed by atoms with van der Waals surface area (Å²) < 4.78 is 0. The zero-order valence-corrected chi connectivity index (χ0v) is 12.3. The molecule has 3 rings (SSSR count). The maximum atomic E-state index is 12.4. The number of carbonyl (C=O) groups excluding carboxylic acids is 2. The van der Waals surface area contributed by atoms with Crippen LogP contribution < -0.4 is 15.5 Å². The number of nitrogens with one attached hydrogen (secondary N) is 3. The fraction of sp³-hybridized carbons (Fsp3) is 0.214. The Balaban J connectivity index is 1.61.